The largest absolute Gasteiger partial charge is 0.493 e. The summed E-state index contributed by atoms with van der Waals surface area (Å²) in [7, 11) is 3.77. The minimum Gasteiger partial charge on any atom is -0.493 e. The van der Waals surface area contributed by atoms with Crippen molar-refractivity contribution >= 4 is 0 Å². The van der Waals surface area contributed by atoms with Crippen LogP contribution >= 0.6 is 0 Å². The van der Waals surface area contributed by atoms with Gasteiger partial charge in [-0.2, -0.15) is 5.10 Å². The Labute approximate surface area is 122 Å². The van der Waals surface area contributed by atoms with E-state index in [0.717, 1.165) is 12.3 Å². The fraction of sp³-hybridized carbons (Fsp3) is 0.812. The van der Waals surface area contributed by atoms with Gasteiger partial charge >= 0.3 is 0 Å². The van der Waals surface area contributed by atoms with Crippen molar-refractivity contribution in [3.63, 3.8) is 0 Å². The van der Waals surface area contributed by atoms with E-state index in [9.17, 15) is 0 Å². The molecule has 4 nitrogen and oxygen atoms in total. The summed E-state index contributed by atoms with van der Waals surface area (Å²) in [6.45, 7) is 7.77. The second-order valence-corrected chi connectivity index (χ2v) is 7.00. The fourth-order valence-electron chi connectivity index (χ4n) is 3.26. The molecule has 2 unspecified atom stereocenters. The van der Waals surface area contributed by atoms with Gasteiger partial charge in [-0.05, 0) is 46.1 Å². The van der Waals surface area contributed by atoms with Crippen molar-refractivity contribution in [1.82, 2.24) is 15.1 Å². The predicted octanol–water partition coefficient (Wildman–Crippen LogP) is 3.09. The molecule has 4 heteroatoms. The van der Waals surface area contributed by atoms with Crippen molar-refractivity contribution in [1.29, 1.82) is 0 Å². The second-order valence-electron chi connectivity index (χ2n) is 7.00. The summed E-state index contributed by atoms with van der Waals surface area (Å²) in [5, 5.41) is 8.05. The third-order valence-corrected chi connectivity index (χ3v) is 4.32. The number of nitrogens with zero attached hydrogens (tertiary/aromatic N) is 2. The molecular weight excluding hydrogens is 250 g/mol. The molecule has 1 aliphatic rings. The molecule has 0 radical (unpaired) electrons. The Balaban J connectivity index is 2.16. The van der Waals surface area contributed by atoms with E-state index >= 15 is 0 Å². The Bertz CT molecular complexity index is 433. The van der Waals surface area contributed by atoms with Gasteiger partial charge in [-0.15, -0.1) is 0 Å². The van der Waals surface area contributed by atoms with E-state index in [1.54, 1.807) is 7.11 Å². The van der Waals surface area contributed by atoms with Crippen LogP contribution in [0.15, 0.2) is 6.20 Å². The molecule has 1 aromatic heterocycles. The van der Waals surface area contributed by atoms with Crippen molar-refractivity contribution in [3.05, 3.63) is 11.9 Å². The minimum atomic E-state index is 0.179. The number of hydrogen-bond acceptors (Lipinski definition) is 3. The van der Waals surface area contributed by atoms with Crippen LogP contribution in [-0.2, 0) is 7.05 Å². The molecule has 0 aromatic carbocycles. The average molecular weight is 279 g/mol. The monoisotopic (exact) mass is 279 g/mol. The number of nitrogens with one attached hydrogen (secondary N) is 1. The second kappa shape index (κ2) is 6.17. The lowest BCUT2D eigenvalue weighted by Crippen LogP contribution is -2.41. The first-order valence-corrected chi connectivity index (χ1v) is 7.73. The van der Waals surface area contributed by atoms with E-state index < -0.39 is 0 Å². The van der Waals surface area contributed by atoms with Crippen molar-refractivity contribution in [3.8, 4) is 5.75 Å². The van der Waals surface area contributed by atoms with E-state index in [2.05, 4.69) is 31.2 Å². The van der Waals surface area contributed by atoms with Gasteiger partial charge in [0.2, 0.25) is 0 Å². The zero-order valence-corrected chi connectivity index (χ0v) is 13.6. The third-order valence-electron chi connectivity index (χ3n) is 4.32. The summed E-state index contributed by atoms with van der Waals surface area (Å²) >= 11 is 0. The highest BCUT2D eigenvalue weighted by atomic mass is 16.5. The summed E-state index contributed by atoms with van der Waals surface area (Å²) in [6, 6.07) is 0. The lowest BCUT2D eigenvalue weighted by Gasteiger charge is -2.34. The van der Waals surface area contributed by atoms with Gasteiger partial charge in [-0.3, -0.25) is 4.68 Å². The van der Waals surface area contributed by atoms with Crippen molar-refractivity contribution < 1.29 is 4.74 Å². The van der Waals surface area contributed by atoms with Gasteiger partial charge < -0.3 is 10.1 Å². The van der Waals surface area contributed by atoms with E-state index in [0.29, 0.717) is 11.8 Å². The number of ether oxygens (including phenoxy) is 1. The van der Waals surface area contributed by atoms with Crippen LogP contribution in [0.4, 0.5) is 0 Å². The molecule has 2 rings (SSSR count). The van der Waals surface area contributed by atoms with Gasteiger partial charge in [-0.1, -0.05) is 12.8 Å². The summed E-state index contributed by atoms with van der Waals surface area (Å²) < 4.78 is 7.51. The summed E-state index contributed by atoms with van der Waals surface area (Å²) in [5.74, 6) is 2.17. The Morgan fingerprint density at radius 2 is 2.05 bits per heavy atom. The molecule has 1 saturated carbocycles. The number of aryl methyl sites for hydroxylation is 1. The first-order valence-electron chi connectivity index (χ1n) is 7.73. The van der Waals surface area contributed by atoms with Crippen molar-refractivity contribution in [2.45, 2.75) is 57.9 Å². The molecule has 0 amide bonds. The first kappa shape index (κ1) is 15.4. The van der Waals surface area contributed by atoms with Crippen LogP contribution in [-0.4, -0.2) is 29.0 Å². The Morgan fingerprint density at radius 1 is 1.35 bits per heavy atom. The van der Waals surface area contributed by atoms with E-state index in [1.165, 1.54) is 31.4 Å². The number of rotatable bonds is 4. The maximum atomic E-state index is 5.51. The molecule has 2 atom stereocenters. The SMILES string of the molecule is COc1cnn(C)c1C1CCCCC1CNC(C)(C)C. The van der Waals surface area contributed by atoms with Crippen LogP contribution in [0.1, 0.15) is 58.1 Å². The highest BCUT2D eigenvalue weighted by Gasteiger charge is 2.31. The van der Waals surface area contributed by atoms with Crippen molar-refractivity contribution in [2.75, 3.05) is 13.7 Å². The van der Waals surface area contributed by atoms with Gasteiger partial charge in [0.1, 0.15) is 0 Å². The molecule has 1 N–H and O–H groups in total. The maximum Gasteiger partial charge on any atom is 0.160 e. The van der Waals surface area contributed by atoms with Crippen LogP contribution in [0.5, 0.6) is 5.75 Å². The summed E-state index contributed by atoms with van der Waals surface area (Å²) in [6.07, 6.45) is 7.03. The molecule has 1 fully saturated rings. The minimum absolute atomic E-state index is 0.179. The van der Waals surface area contributed by atoms with Gasteiger partial charge in [0, 0.05) is 18.5 Å². The number of aromatic nitrogens is 2. The quantitative estimate of drug-likeness (QED) is 0.920. The number of hydrogen-bond donors (Lipinski definition) is 1. The zero-order chi connectivity index (χ0) is 14.8. The fourth-order valence-corrected chi connectivity index (χ4v) is 3.26. The third kappa shape index (κ3) is 3.54. The molecule has 0 aliphatic heterocycles. The van der Waals surface area contributed by atoms with Crippen LogP contribution in [0.2, 0.25) is 0 Å². The van der Waals surface area contributed by atoms with E-state index in [4.69, 9.17) is 4.74 Å². The van der Waals surface area contributed by atoms with Gasteiger partial charge in [-0.25, -0.2) is 0 Å². The van der Waals surface area contributed by atoms with E-state index in [1.807, 2.05) is 17.9 Å². The summed E-state index contributed by atoms with van der Waals surface area (Å²) in [4.78, 5) is 0. The molecule has 1 aliphatic carbocycles. The highest BCUT2D eigenvalue weighted by Crippen LogP contribution is 2.41. The zero-order valence-electron chi connectivity index (χ0n) is 13.6. The van der Waals surface area contributed by atoms with Crippen LogP contribution < -0.4 is 10.1 Å². The van der Waals surface area contributed by atoms with Gasteiger partial charge in [0.05, 0.1) is 19.0 Å². The molecule has 1 heterocycles. The summed E-state index contributed by atoms with van der Waals surface area (Å²) in [5.41, 5.74) is 1.45. The molecule has 1 aromatic rings. The maximum absolute atomic E-state index is 5.51. The normalized spacial score (nSPS) is 23.9. The lowest BCUT2D eigenvalue weighted by atomic mass is 9.77. The first-order chi connectivity index (χ1) is 9.42. The molecule has 0 spiro atoms. The molecular formula is C16H29N3O. The highest BCUT2D eigenvalue weighted by molar-refractivity contribution is 5.29. The van der Waals surface area contributed by atoms with Gasteiger partial charge in [0.15, 0.2) is 5.75 Å². The molecule has 20 heavy (non-hydrogen) atoms. The topological polar surface area (TPSA) is 39.1 Å². The van der Waals surface area contributed by atoms with E-state index in [-0.39, 0.29) is 5.54 Å². The van der Waals surface area contributed by atoms with Crippen molar-refractivity contribution in [2.24, 2.45) is 13.0 Å². The van der Waals surface area contributed by atoms with Crippen LogP contribution in [0, 0.1) is 5.92 Å². The van der Waals surface area contributed by atoms with Gasteiger partial charge in [0.25, 0.3) is 0 Å². The lowest BCUT2D eigenvalue weighted by molar-refractivity contribution is 0.257. The molecule has 114 valence electrons. The standard InChI is InChI=1S/C16H29N3O/c1-16(2,3)17-10-12-8-6-7-9-13(12)15-14(20-5)11-18-19(15)4/h11-13,17H,6-10H2,1-5H3. The van der Waals surface area contributed by atoms with Crippen LogP contribution in [0.25, 0.3) is 0 Å². The number of methoxy groups -OCH3 is 1. The average Bonchev–Trinajstić information content (AvgIpc) is 2.77. The Morgan fingerprint density at radius 3 is 2.70 bits per heavy atom. The molecule has 0 bridgehead atoms. The Kier molecular flexibility index (Phi) is 4.74. The smallest absolute Gasteiger partial charge is 0.160 e. The van der Waals surface area contributed by atoms with Crippen LogP contribution in [0.3, 0.4) is 0 Å². The Hall–Kier alpha value is -1.03. The molecule has 0 saturated heterocycles. The predicted molar refractivity (Wildman–Crippen MR) is 82.2 cm³/mol.